The molecule has 7 N–H and O–H groups in total. The number of hydrogen-bond donors (Lipinski definition) is 4. The molecular formula is C15H19ClN10O2S. The van der Waals surface area contributed by atoms with Crippen molar-refractivity contribution in [2.24, 2.45) is 26.6 Å². The van der Waals surface area contributed by atoms with E-state index in [1.165, 1.54) is 12.1 Å². The van der Waals surface area contributed by atoms with Gasteiger partial charge in [0.15, 0.2) is 0 Å². The van der Waals surface area contributed by atoms with Crippen LogP contribution < -0.4 is 21.5 Å². The summed E-state index contributed by atoms with van der Waals surface area (Å²) in [6.07, 6.45) is 4.27. The first-order chi connectivity index (χ1) is 13.7. The van der Waals surface area contributed by atoms with Crippen LogP contribution in [-0.4, -0.2) is 46.6 Å². The Hall–Kier alpha value is -2.77. The fraction of sp³-hybridized carbons (Fsp3) is 0.400. The monoisotopic (exact) mass is 438 g/mol. The smallest absolute Gasteiger partial charge is 0.239 e. The summed E-state index contributed by atoms with van der Waals surface area (Å²) >= 11 is 6.28. The average molecular weight is 439 g/mol. The molecule has 1 aliphatic heterocycles. The molecule has 0 atom stereocenters. The molecule has 2 aromatic rings. The zero-order valence-electron chi connectivity index (χ0n) is 15.2. The number of nitrogens with one attached hydrogen (secondary N) is 1. The molecule has 29 heavy (non-hydrogen) atoms. The Labute approximate surface area is 171 Å². The highest BCUT2D eigenvalue weighted by Crippen LogP contribution is 2.44. The lowest BCUT2D eigenvalue weighted by Crippen LogP contribution is -2.58. The van der Waals surface area contributed by atoms with E-state index in [1.807, 2.05) is 0 Å². The molecule has 4 rings (SSSR count). The number of aromatic amines is 1. The number of tetrazole rings is 1. The van der Waals surface area contributed by atoms with E-state index < -0.39 is 15.7 Å². The maximum Gasteiger partial charge on any atom is 0.239 e. The van der Waals surface area contributed by atoms with E-state index in [1.54, 1.807) is 4.90 Å². The number of guanidine groups is 2. The second kappa shape index (κ2) is 6.93. The van der Waals surface area contributed by atoms with Crippen molar-refractivity contribution in [3.05, 3.63) is 17.2 Å². The molecule has 0 saturated heterocycles. The third-order valence-electron chi connectivity index (χ3n) is 5.04. The normalized spacial score (nSPS) is 19.2. The molecule has 0 radical (unpaired) electrons. The molecule has 1 aromatic carbocycles. The fourth-order valence-electron chi connectivity index (χ4n) is 3.87. The summed E-state index contributed by atoms with van der Waals surface area (Å²) < 4.78 is 24.0. The Kier molecular flexibility index (Phi) is 4.67. The fourth-order valence-corrected chi connectivity index (χ4v) is 4.96. The first-order valence-electron chi connectivity index (χ1n) is 8.81. The van der Waals surface area contributed by atoms with Crippen LogP contribution in [0.15, 0.2) is 27.0 Å². The highest BCUT2D eigenvalue weighted by Gasteiger charge is 2.44. The Bertz CT molecular complexity index is 1110. The molecule has 1 fully saturated rings. The maximum absolute atomic E-state index is 12.0. The molecule has 1 aliphatic carbocycles. The Morgan fingerprint density at radius 1 is 1.17 bits per heavy atom. The number of sulfonamides is 1. The molecule has 2 heterocycles. The van der Waals surface area contributed by atoms with Crippen LogP contribution in [0.1, 0.15) is 32.1 Å². The first kappa shape index (κ1) is 19.5. The zero-order chi connectivity index (χ0) is 20.8. The number of H-pyrrole nitrogens is 1. The number of benzene rings is 1. The summed E-state index contributed by atoms with van der Waals surface area (Å²) in [5.41, 5.74) is 12.2. The van der Waals surface area contributed by atoms with E-state index in [0.717, 1.165) is 19.3 Å². The number of nitrogens with zero attached hydrogens (tertiary/aromatic N) is 6. The molecule has 0 unspecified atom stereocenters. The van der Waals surface area contributed by atoms with E-state index in [0.29, 0.717) is 24.1 Å². The molecule has 2 aliphatic rings. The molecule has 14 heteroatoms. The minimum Gasteiger partial charge on any atom is -0.369 e. The van der Waals surface area contributed by atoms with E-state index in [9.17, 15) is 8.42 Å². The predicted molar refractivity (Wildman–Crippen MR) is 108 cm³/mol. The Morgan fingerprint density at radius 3 is 2.52 bits per heavy atom. The van der Waals surface area contributed by atoms with Gasteiger partial charge in [-0.15, -0.1) is 10.2 Å². The summed E-state index contributed by atoms with van der Waals surface area (Å²) in [4.78, 5) is 10.2. The molecule has 154 valence electrons. The number of rotatable bonds is 3. The zero-order valence-corrected chi connectivity index (χ0v) is 16.8. The quantitative estimate of drug-likeness (QED) is 0.523. The van der Waals surface area contributed by atoms with Gasteiger partial charge in [-0.05, 0) is 43.0 Å². The van der Waals surface area contributed by atoms with Gasteiger partial charge in [0, 0.05) is 5.56 Å². The summed E-state index contributed by atoms with van der Waals surface area (Å²) in [6, 6.07) is 2.74. The van der Waals surface area contributed by atoms with E-state index >= 15 is 0 Å². The van der Waals surface area contributed by atoms with Crippen molar-refractivity contribution in [3.8, 4) is 11.4 Å². The standard InChI is InChI=1S/C15H19ClN10O2S/c16-9-7-10(8(12-22-24-25-23-12)6-11(9)29(19,27)28)26-14(18)20-13(17)21-15(26)4-2-1-3-5-15/h6-7H,1-5H2,(H2,19,27,28)(H4,17,18,20,21)(H,22,23,24,25). The number of aliphatic imine (C=N–C) groups is 2. The van der Waals surface area contributed by atoms with Crippen LogP contribution >= 0.6 is 11.6 Å². The van der Waals surface area contributed by atoms with Crippen molar-refractivity contribution in [3.63, 3.8) is 0 Å². The predicted octanol–water partition coefficient (Wildman–Crippen LogP) is 0.277. The summed E-state index contributed by atoms with van der Waals surface area (Å²) in [5.74, 6) is 0.348. The number of halogens is 1. The third-order valence-corrected chi connectivity index (χ3v) is 6.41. The van der Waals surface area contributed by atoms with Gasteiger partial charge < -0.3 is 11.5 Å². The largest absolute Gasteiger partial charge is 0.369 e. The van der Waals surface area contributed by atoms with Gasteiger partial charge in [0.05, 0.1) is 10.7 Å². The van der Waals surface area contributed by atoms with Crippen LogP contribution in [0, 0.1) is 0 Å². The van der Waals surface area contributed by atoms with Gasteiger partial charge in [0.2, 0.25) is 27.8 Å². The van der Waals surface area contributed by atoms with Crippen molar-refractivity contribution >= 4 is 39.2 Å². The second-order valence-electron chi connectivity index (χ2n) is 6.90. The van der Waals surface area contributed by atoms with Crippen molar-refractivity contribution < 1.29 is 8.42 Å². The lowest BCUT2D eigenvalue weighted by molar-refractivity contribution is 0.305. The van der Waals surface area contributed by atoms with Crippen LogP contribution in [0.4, 0.5) is 5.69 Å². The lowest BCUT2D eigenvalue weighted by Gasteiger charge is -2.46. The summed E-state index contributed by atoms with van der Waals surface area (Å²) in [5, 5.41) is 19.1. The van der Waals surface area contributed by atoms with Gasteiger partial charge in [-0.1, -0.05) is 18.0 Å². The van der Waals surface area contributed by atoms with E-state index in [2.05, 4.69) is 30.6 Å². The number of aromatic nitrogens is 4. The van der Waals surface area contributed by atoms with Gasteiger partial charge in [0.1, 0.15) is 10.6 Å². The van der Waals surface area contributed by atoms with Crippen molar-refractivity contribution in [1.29, 1.82) is 0 Å². The lowest BCUT2D eigenvalue weighted by atomic mass is 9.87. The van der Waals surface area contributed by atoms with Crippen LogP contribution in [0.5, 0.6) is 0 Å². The van der Waals surface area contributed by atoms with Gasteiger partial charge in [-0.2, -0.15) is 10.2 Å². The van der Waals surface area contributed by atoms with Crippen LogP contribution in [0.25, 0.3) is 11.4 Å². The molecule has 12 nitrogen and oxygen atoms in total. The van der Waals surface area contributed by atoms with Crippen molar-refractivity contribution in [2.45, 2.75) is 42.7 Å². The summed E-state index contributed by atoms with van der Waals surface area (Å²) in [7, 11) is -4.10. The molecule has 1 saturated carbocycles. The average Bonchev–Trinajstić information content (AvgIpc) is 3.15. The number of primary sulfonamides is 1. The maximum atomic E-state index is 12.0. The van der Waals surface area contributed by atoms with Crippen molar-refractivity contribution in [1.82, 2.24) is 20.6 Å². The molecule has 1 spiro atoms. The highest BCUT2D eigenvalue weighted by atomic mass is 35.5. The van der Waals surface area contributed by atoms with Gasteiger partial charge >= 0.3 is 0 Å². The molecule has 1 aromatic heterocycles. The van der Waals surface area contributed by atoms with Crippen LogP contribution in [-0.2, 0) is 10.0 Å². The number of hydrogen-bond acceptors (Lipinski definition) is 10. The first-order valence-corrected chi connectivity index (χ1v) is 10.7. The van der Waals surface area contributed by atoms with Crippen LogP contribution in [0.3, 0.4) is 0 Å². The van der Waals surface area contributed by atoms with E-state index in [4.69, 9.17) is 28.2 Å². The SMILES string of the molecule is NC1=NC2(CCCCC2)N(c2cc(Cl)c(S(N)(=O)=O)cc2-c2nn[nH]n2)C(N)=N1. The number of nitrogens with two attached hydrogens (primary N) is 3. The van der Waals surface area contributed by atoms with E-state index in [-0.39, 0.29) is 27.7 Å². The highest BCUT2D eigenvalue weighted by molar-refractivity contribution is 7.89. The minimum atomic E-state index is -4.10. The Morgan fingerprint density at radius 2 is 1.90 bits per heavy atom. The number of anilines is 1. The van der Waals surface area contributed by atoms with Crippen LogP contribution in [0.2, 0.25) is 5.02 Å². The van der Waals surface area contributed by atoms with Crippen molar-refractivity contribution in [2.75, 3.05) is 4.90 Å². The Balaban J connectivity index is 1.98. The van der Waals surface area contributed by atoms with Gasteiger partial charge in [0.25, 0.3) is 0 Å². The minimum absolute atomic E-state index is 0.0731. The molecule has 0 amide bonds. The van der Waals surface area contributed by atoms with Gasteiger partial charge in [-0.3, -0.25) is 4.90 Å². The topological polar surface area (TPSA) is 195 Å². The molecule has 0 bridgehead atoms. The second-order valence-corrected chi connectivity index (χ2v) is 8.84. The molecular weight excluding hydrogens is 420 g/mol. The van der Waals surface area contributed by atoms with Gasteiger partial charge in [-0.25, -0.2) is 18.5 Å². The summed E-state index contributed by atoms with van der Waals surface area (Å²) in [6.45, 7) is 0. The third kappa shape index (κ3) is 3.41.